The number of ether oxygens (including phenoxy) is 1. The van der Waals surface area contributed by atoms with Gasteiger partial charge in [-0.05, 0) is 20.8 Å². The van der Waals surface area contributed by atoms with E-state index in [0.29, 0.717) is 5.82 Å². The van der Waals surface area contributed by atoms with Crippen LogP contribution in [0.25, 0.3) is 0 Å². The van der Waals surface area contributed by atoms with Crippen LogP contribution in [0, 0.1) is 0 Å². The Balaban J connectivity index is 3.40. The summed E-state index contributed by atoms with van der Waals surface area (Å²) >= 11 is 0. The van der Waals surface area contributed by atoms with Crippen LogP contribution < -0.4 is 0 Å². The van der Waals surface area contributed by atoms with Crippen LogP contribution in [0.5, 0.6) is 0 Å². The normalized spacial score (nSPS) is 14.4. The van der Waals surface area contributed by atoms with E-state index in [4.69, 9.17) is 15.4 Å². The molecule has 92 valence electrons. The van der Waals surface area contributed by atoms with Gasteiger partial charge in [-0.25, -0.2) is 8.42 Å². The third kappa shape index (κ3) is 2.53. The first-order valence-electron chi connectivity index (χ1n) is 4.71. The van der Waals surface area contributed by atoms with Crippen LogP contribution in [0.15, 0.2) is 5.16 Å². The molecule has 1 aromatic rings. The van der Waals surface area contributed by atoms with Gasteiger partial charge in [-0.2, -0.15) is 0 Å². The molecule has 0 aliphatic heterocycles. The molecule has 1 aromatic heterocycles. The van der Waals surface area contributed by atoms with Crippen LogP contribution in [-0.2, 0) is 13.8 Å². The minimum Gasteiger partial charge on any atom is -0.374 e. The molecule has 0 aliphatic carbocycles. The Morgan fingerprint density at radius 3 is 2.25 bits per heavy atom. The molecule has 1 heterocycles. The number of halogens is 1. The second-order valence-corrected chi connectivity index (χ2v) is 6.08. The molecular weight excluding hydrogens is 254 g/mol. The molecule has 0 aliphatic rings. The van der Waals surface area contributed by atoms with E-state index < -0.39 is 9.05 Å². The van der Waals surface area contributed by atoms with Gasteiger partial charge in [0.15, 0.2) is 5.82 Å². The van der Waals surface area contributed by atoms with Gasteiger partial charge in [0.25, 0.3) is 14.2 Å². The Hall–Kier alpha value is -0.660. The molecule has 0 bridgehead atoms. The maximum Gasteiger partial charge on any atom is 0.296 e. The van der Waals surface area contributed by atoms with Crippen LogP contribution in [-0.4, -0.2) is 30.3 Å². The highest BCUT2D eigenvalue weighted by molar-refractivity contribution is 8.13. The Kier molecular flexibility index (Phi) is 3.92. The smallest absolute Gasteiger partial charge is 0.296 e. The summed E-state index contributed by atoms with van der Waals surface area (Å²) in [5.41, 5.74) is 0. The lowest BCUT2D eigenvalue weighted by atomic mass is 10.3. The van der Waals surface area contributed by atoms with Gasteiger partial charge in [0.2, 0.25) is 0 Å². The highest BCUT2D eigenvalue weighted by Crippen LogP contribution is 2.23. The van der Waals surface area contributed by atoms with E-state index in [2.05, 4.69) is 10.2 Å². The predicted octanol–water partition coefficient (Wildman–Crippen LogP) is 1.49. The van der Waals surface area contributed by atoms with Crippen LogP contribution in [0.4, 0.5) is 0 Å². The molecule has 8 heteroatoms. The maximum atomic E-state index is 11.3. The number of methoxy groups -OCH3 is 1. The van der Waals surface area contributed by atoms with Gasteiger partial charge in [0.05, 0.1) is 0 Å². The Morgan fingerprint density at radius 1 is 1.31 bits per heavy atom. The maximum absolute atomic E-state index is 11.3. The van der Waals surface area contributed by atoms with Crippen LogP contribution in [0.3, 0.4) is 0 Å². The van der Waals surface area contributed by atoms with E-state index in [9.17, 15) is 8.42 Å². The quantitative estimate of drug-likeness (QED) is 0.773. The van der Waals surface area contributed by atoms with Gasteiger partial charge < -0.3 is 4.74 Å². The van der Waals surface area contributed by atoms with E-state index in [1.807, 2.05) is 13.8 Å². The average Bonchev–Trinajstić information content (AvgIpc) is 2.59. The highest BCUT2D eigenvalue weighted by atomic mass is 35.7. The van der Waals surface area contributed by atoms with Crippen molar-refractivity contribution in [2.75, 3.05) is 7.11 Å². The van der Waals surface area contributed by atoms with Gasteiger partial charge in [-0.15, -0.1) is 10.2 Å². The second kappa shape index (κ2) is 4.68. The molecule has 0 aromatic carbocycles. The number of aromatic nitrogens is 3. The summed E-state index contributed by atoms with van der Waals surface area (Å²) in [4.78, 5) is 0. The lowest BCUT2D eigenvalue weighted by Gasteiger charge is -2.15. The zero-order chi connectivity index (χ0) is 12.5. The largest absolute Gasteiger partial charge is 0.374 e. The minimum absolute atomic E-state index is 0.119. The van der Waals surface area contributed by atoms with Crippen molar-refractivity contribution in [3.05, 3.63) is 5.82 Å². The van der Waals surface area contributed by atoms with E-state index >= 15 is 0 Å². The van der Waals surface area contributed by atoms with Gasteiger partial charge >= 0.3 is 0 Å². The number of hydrogen-bond acceptors (Lipinski definition) is 5. The van der Waals surface area contributed by atoms with Crippen molar-refractivity contribution in [3.8, 4) is 0 Å². The first kappa shape index (κ1) is 13.4. The van der Waals surface area contributed by atoms with Gasteiger partial charge in [0.1, 0.15) is 6.10 Å². The van der Waals surface area contributed by atoms with Crippen molar-refractivity contribution in [3.63, 3.8) is 0 Å². The molecule has 0 fully saturated rings. The Bertz CT molecular complexity index is 469. The Labute approximate surface area is 99.0 Å². The molecule has 0 radical (unpaired) electrons. The van der Waals surface area contributed by atoms with Crippen LogP contribution in [0.2, 0.25) is 0 Å². The monoisotopic (exact) mass is 267 g/mol. The lowest BCUT2D eigenvalue weighted by Crippen LogP contribution is -2.14. The zero-order valence-corrected chi connectivity index (χ0v) is 11.1. The van der Waals surface area contributed by atoms with E-state index in [1.54, 1.807) is 6.92 Å². The lowest BCUT2D eigenvalue weighted by molar-refractivity contribution is 0.106. The molecular formula is C8H14ClN3O3S. The van der Waals surface area contributed by atoms with E-state index in [0.717, 1.165) is 0 Å². The number of rotatable bonds is 4. The fourth-order valence-corrected chi connectivity index (χ4v) is 2.32. The van der Waals surface area contributed by atoms with Crippen molar-refractivity contribution in [2.45, 2.75) is 38.1 Å². The van der Waals surface area contributed by atoms with Crippen molar-refractivity contribution < 1.29 is 13.2 Å². The summed E-state index contributed by atoms with van der Waals surface area (Å²) in [5.74, 6) is 0.441. The molecule has 1 atom stereocenters. The van der Waals surface area contributed by atoms with Crippen molar-refractivity contribution in [2.24, 2.45) is 0 Å². The summed E-state index contributed by atoms with van der Waals surface area (Å²) in [6.07, 6.45) is -0.345. The predicted molar refractivity (Wildman–Crippen MR) is 58.9 cm³/mol. The third-order valence-electron chi connectivity index (χ3n) is 2.14. The molecule has 16 heavy (non-hydrogen) atoms. The summed E-state index contributed by atoms with van der Waals surface area (Å²) in [7, 11) is 2.90. The van der Waals surface area contributed by atoms with Crippen LogP contribution >= 0.6 is 10.7 Å². The van der Waals surface area contributed by atoms with E-state index in [-0.39, 0.29) is 17.3 Å². The molecule has 0 spiro atoms. The minimum atomic E-state index is -3.89. The zero-order valence-electron chi connectivity index (χ0n) is 9.51. The summed E-state index contributed by atoms with van der Waals surface area (Å²) in [6.45, 7) is 5.40. The van der Waals surface area contributed by atoms with Gasteiger partial charge in [-0.1, -0.05) is 0 Å². The molecule has 0 amide bonds. The van der Waals surface area contributed by atoms with Crippen LogP contribution in [0.1, 0.15) is 38.7 Å². The first-order valence-corrected chi connectivity index (χ1v) is 7.02. The molecule has 0 saturated carbocycles. The number of hydrogen-bond donors (Lipinski definition) is 0. The topological polar surface area (TPSA) is 74.1 Å². The third-order valence-corrected chi connectivity index (χ3v) is 3.27. The summed E-state index contributed by atoms with van der Waals surface area (Å²) < 4.78 is 29.1. The first-order chi connectivity index (χ1) is 7.29. The van der Waals surface area contributed by atoms with Crippen molar-refractivity contribution in [1.29, 1.82) is 0 Å². The standard InChI is InChI=1S/C8H14ClN3O3S/c1-5(2)12-7(6(3)15-4)10-11-8(12)16(9,13)14/h5-6H,1-4H3. The fourth-order valence-electron chi connectivity index (χ4n) is 1.32. The SMILES string of the molecule is COC(C)c1nnc(S(=O)(=O)Cl)n1C(C)C. The molecule has 1 rings (SSSR count). The molecule has 1 unspecified atom stereocenters. The number of nitrogens with zero attached hydrogens (tertiary/aromatic N) is 3. The average molecular weight is 268 g/mol. The van der Waals surface area contributed by atoms with Crippen molar-refractivity contribution in [1.82, 2.24) is 14.8 Å². The van der Waals surface area contributed by atoms with Gasteiger partial charge in [-0.3, -0.25) is 4.57 Å². The highest BCUT2D eigenvalue weighted by Gasteiger charge is 2.26. The molecule has 6 nitrogen and oxygen atoms in total. The summed E-state index contributed by atoms with van der Waals surface area (Å²) in [5, 5.41) is 7.14. The summed E-state index contributed by atoms with van der Waals surface area (Å²) in [6, 6.07) is -0.119. The Morgan fingerprint density at radius 2 is 1.88 bits per heavy atom. The second-order valence-electron chi connectivity index (χ2n) is 3.62. The molecule has 0 saturated heterocycles. The van der Waals surface area contributed by atoms with Gasteiger partial charge in [0, 0.05) is 23.8 Å². The van der Waals surface area contributed by atoms with Crippen molar-refractivity contribution >= 4 is 19.7 Å². The fraction of sp³-hybridized carbons (Fsp3) is 0.750. The van der Waals surface area contributed by atoms with E-state index in [1.165, 1.54) is 11.7 Å². The molecule has 0 N–H and O–H groups in total.